The molecule has 0 aliphatic carbocycles. The first-order valence-corrected chi connectivity index (χ1v) is 31.9. The average molecular weight is 1280 g/mol. The summed E-state index contributed by atoms with van der Waals surface area (Å²) in [5, 5.41) is 0. The first kappa shape index (κ1) is 69.5. The van der Waals surface area contributed by atoms with E-state index in [0.717, 1.165) is 112 Å². The molecular formula is C80H86CoN8O4. The normalized spacial score (nSPS) is 13.8. The van der Waals surface area contributed by atoms with Crippen molar-refractivity contribution in [2.75, 3.05) is 45.8 Å². The number of carbonyl (C=O) groups is 4. The average Bonchev–Trinajstić information content (AvgIpc) is 1.62. The van der Waals surface area contributed by atoms with Crippen LogP contribution in [0.15, 0.2) is 189 Å². The van der Waals surface area contributed by atoms with Crippen LogP contribution in [0.5, 0.6) is 0 Å². The third-order valence-electron chi connectivity index (χ3n) is 17.7. The summed E-state index contributed by atoms with van der Waals surface area (Å²) >= 11 is 0. The molecule has 8 aromatic rings. The minimum absolute atomic E-state index is 0. The molecule has 479 valence electrons. The molecule has 0 saturated heterocycles. The number of likely N-dealkylation sites (N-methyl/N-ethyl adjacent to an activating group) is 2. The van der Waals surface area contributed by atoms with Crippen molar-refractivity contribution >= 4 is 68.9 Å². The molecule has 93 heavy (non-hydrogen) atoms. The van der Waals surface area contributed by atoms with Crippen molar-refractivity contribution in [1.29, 1.82) is 0 Å². The number of carbonyl (C=O) groups excluding carboxylic acids is 4. The van der Waals surface area contributed by atoms with Gasteiger partial charge in [-0.05, 0) is 215 Å². The molecule has 0 N–H and O–H groups in total. The van der Waals surface area contributed by atoms with Gasteiger partial charge in [-0.15, -0.1) is 22.8 Å². The quantitative estimate of drug-likeness (QED) is 0.0946. The van der Waals surface area contributed by atoms with Gasteiger partial charge in [0.15, 0.2) is 0 Å². The zero-order chi connectivity index (χ0) is 66.6. The van der Waals surface area contributed by atoms with Crippen LogP contribution in [0.2, 0.25) is 0 Å². The Morgan fingerprint density at radius 2 is 0.602 bits per heavy atom. The van der Waals surface area contributed by atoms with Crippen LogP contribution in [0.25, 0.3) is 11.1 Å². The summed E-state index contributed by atoms with van der Waals surface area (Å²) in [4.78, 5) is 84.3. The molecule has 1 radical (unpaired) electrons. The Hall–Kier alpha value is -9.43. The van der Waals surface area contributed by atoms with Crippen LogP contribution in [0.4, 0.5) is 22.7 Å². The van der Waals surface area contributed by atoms with Crippen LogP contribution < -0.4 is 29.6 Å². The molecule has 0 atom stereocenters. The second-order valence-corrected chi connectivity index (χ2v) is 24.0. The van der Waals surface area contributed by atoms with Gasteiger partial charge >= 0.3 is 16.8 Å². The molecule has 4 amide bonds. The number of para-hydroxylation sites is 4. The largest absolute Gasteiger partial charge is 2.00 e. The van der Waals surface area contributed by atoms with Gasteiger partial charge in [-0.25, -0.2) is 0 Å². The zero-order valence-corrected chi connectivity index (χ0v) is 58.3. The Kier molecular flexibility index (Phi) is 22.0. The van der Waals surface area contributed by atoms with Gasteiger partial charge in [0.05, 0.1) is 34.0 Å². The van der Waals surface area contributed by atoms with E-state index >= 15 is 0 Å². The van der Waals surface area contributed by atoms with E-state index in [2.05, 4.69) is 65.8 Å². The van der Waals surface area contributed by atoms with Crippen LogP contribution in [0, 0.1) is 69.2 Å². The van der Waals surface area contributed by atoms with Crippen molar-refractivity contribution in [3.63, 3.8) is 0 Å². The second kappa shape index (κ2) is 29.5. The van der Waals surface area contributed by atoms with Crippen molar-refractivity contribution in [3.8, 4) is 0 Å². The number of allylic oxidation sites excluding steroid dienone is 2. The van der Waals surface area contributed by atoms with E-state index in [4.69, 9.17) is 20.0 Å². The fourth-order valence-electron chi connectivity index (χ4n) is 13.6. The molecule has 0 bridgehead atoms. The molecule has 2 aromatic heterocycles. The number of aryl methyl sites for hydroxylation is 8. The van der Waals surface area contributed by atoms with Crippen molar-refractivity contribution in [2.45, 2.75) is 125 Å². The Labute approximate surface area is 560 Å². The predicted octanol–water partition coefficient (Wildman–Crippen LogP) is 16.9. The summed E-state index contributed by atoms with van der Waals surface area (Å²) in [5.41, 5.74) is 25.0. The van der Waals surface area contributed by atoms with Gasteiger partial charge in [-0.1, -0.05) is 133 Å². The topological polar surface area (TPSA) is 134 Å². The van der Waals surface area contributed by atoms with Gasteiger partial charge in [0.1, 0.15) is 0 Å². The van der Waals surface area contributed by atoms with Gasteiger partial charge in [0.25, 0.3) is 23.6 Å². The molecule has 0 spiro atoms. The summed E-state index contributed by atoms with van der Waals surface area (Å²) < 4.78 is 0. The SMILES string of the molecule is CCN(C(=O)C1=C(C)/C(=C(/c2[n-]c(C)c(C(=O)N(CC)c3ccccc3)c2C)c2c(C)cc(C)cc2C)N=C1C)c1ccccc1.CCN(C(=O)C1=C(C)/C(=C(/c2[n-]c(C)c(C(=O)N(CC)c3ccccc3)c2C)c2c(C)cc(C)cc2C)N=C1C)c1ccccc1.[Co+2]. The summed E-state index contributed by atoms with van der Waals surface area (Å²) in [5.74, 6) is -0.334. The number of anilines is 4. The first-order valence-electron chi connectivity index (χ1n) is 31.9. The predicted molar refractivity (Wildman–Crippen MR) is 380 cm³/mol. The van der Waals surface area contributed by atoms with Crippen LogP contribution >= 0.6 is 0 Å². The van der Waals surface area contributed by atoms with Crippen LogP contribution in [0.3, 0.4) is 0 Å². The van der Waals surface area contributed by atoms with Gasteiger partial charge < -0.3 is 29.6 Å². The van der Waals surface area contributed by atoms with Gasteiger partial charge in [-0.2, -0.15) is 0 Å². The van der Waals surface area contributed by atoms with E-state index < -0.39 is 0 Å². The molecule has 12 nitrogen and oxygen atoms in total. The summed E-state index contributed by atoms with van der Waals surface area (Å²) in [6.07, 6.45) is 0. The molecule has 0 unspecified atom stereocenters. The van der Waals surface area contributed by atoms with E-state index in [9.17, 15) is 19.2 Å². The third kappa shape index (κ3) is 13.6. The zero-order valence-electron chi connectivity index (χ0n) is 57.2. The van der Waals surface area contributed by atoms with Crippen molar-refractivity contribution in [2.24, 2.45) is 9.98 Å². The fourth-order valence-corrected chi connectivity index (χ4v) is 13.6. The van der Waals surface area contributed by atoms with E-state index in [1.807, 2.05) is 204 Å². The number of amides is 4. The van der Waals surface area contributed by atoms with Crippen LogP contribution in [0.1, 0.15) is 155 Å². The Bertz CT molecular complexity index is 4060. The number of aromatic nitrogens is 2. The van der Waals surface area contributed by atoms with Crippen LogP contribution in [-0.4, -0.2) is 61.2 Å². The van der Waals surface area contributed by atoms with Gasteiger partial charge in [0.2, 0.25) is 0 Å². The smallest absolute Gasteiger partial charge is 0.660 e. The molecule has 10 rings (SSSR count). The number of rotatable bonds is 16. The van der Waals surface area contributed by atoms with E-state index in [1.165, 1.54) is 11.1 Å². The first-order chi connectivity index (χ1) is 44.0. The van der Waals surface area contributed by atoms with Crippen molar-refractivity contribution in [3.05, 3.63) is 269 Å². The number of benzene rings is 6. The summed E-state index contributed by atoms with van der Waals surface area (Å²) in [6, 6.07) is 47.6. The molecule has 6 aromatic carbocycles. The molecule has 0 fully saturated rings. The minimum Gasteiger partial charge on any atom is -0.660 e. The van der Waals surface area contributed by atoms with E-state index in [1.54, 1.807) is 19.6 Å². The molecule has 2 aliphatic heterocycles. The summed E-state index contributed by atoms with van der Waals surface area (Å²) in [6.45, 7) is 38.2. The maximum atomic E-state index is 14.2. The molecular weight excluding hydrogens is 1200 g/mol. The summed E-state index contributed by atoms with van der Waals surface area (Å²) in [7, 11) is 0. The number of nitrogens with zero attached hydrogens (tertiary/aromatic N) is 8. The van der Waals surface area contributed by atoms with E-state index in [-0.39, 0.29) is 40.4 Å². The third-order valence-corrected chi connectivity index (χ3v) is 17.7. The van der Waals surface area contributed by atoms with Crippen LogP contribution in [-0.2, 0) is 26.4 Å². The monoisotopic (exact) mass is 1280 g/mol. The maximum Gasteiger partial charge on any atom is 2.00 e. The molecule has 2 aliphatic rings. The molecule has 4 heterocycles. The van der Waals surface area contributed by atoms with Gasteiger partial charge in [0, 0.05) is 60.1 Å². The number of hydrogen-bond acceptors (Lipinski definition) is 6. The number of aliphatic imine (C=N–C) groups is 2. The molecule has 0 saturated carbocycles. The Morgan fingerprint density at radius 3 is 0.849 bits per heavy atom. The standard InChI is InChI=1S/2C40H44N4O2.Co/c2*1-10-43(31-18-14-12-15-19-31)39(45)34-27(6)37(41-29(34)8)36(33-25(4)22-24(3)23-26(33)5)38-28(7)35(30(9)42-38)40(46)44(11-2)32-20-16-13-17-21-32;/h2*12-23H,10-11H2,1-9H3,(H,41,42,45,46);/q;;+2/p-2. The second-order valence-electron chi connectivity index (χ2n) is 24.0. The Morgan fingerprint density at radius 1 is 0.355 bits per heavy atom. The van der Waals surface area contributed by atoms with Crippen molar-refractivity contribution in [1.82, 2.24) is 9.97 Å². The molecule has 13 heteroatoms. The Balaban J connectivity index is 0.000000236. The minimum atomic E-state index is -0.0835. The fraction of sp³-hybridized carbons (Fsp3) is 0.275. The number of hydrogen-bond donors (Lipinski definition) is 0. The van der Waals surface area contributed by atoms with Gasteiger partial charge in [-0.3, -0.25) is 29.2 Å². The van der Waals surface area contributed by atoms with Crippen molar-refractivity contribution < 1.29 is 36.0 Å². The van der Waals surface area contributed by atoms with E-state index in [0.29, 0.717) is 71.3 Å². The maximum absolute atomic E-state index is 14.2.